The standard InChI is InChI=1S/C15H20BrN3O3S/c1-21-11-7-9(8-12(22-2)13(11)16)14(20)18-19-15(23)17-10-5-3-4-6-10/h7-8,10H,3-6H2,1-2H3,(H,18,20)(H2,17,19,23). The zero-order valence-corrected chi connectivity index (χ0v) is 15.5. The number of carbonyl (C=O) groups excluding carboxylic acids is 1. The average molecular weight is 402 g/mol. The molecule has 0 unspecified atom stereocenters. The van der Waals surface area contributed by atoms with E-state index in [0.29, 0.717) is 32.7 Å². The minimum Gasteiger partial charge on any atom is -0.495 e. The van der Waals surface area contributed by atoms with Crippen LogP contribution in [0.2, 0.25) is 0 Å². The summed E-state index contributed by atoms with van der Waals surface area (Å²) in [5, 5.41) is 3.61. The van der Waals surface area contributed by atoms with Crippen molar-refractivity contribution in [2.45, 2.75) is 31.7 Å². The molecule has 23 heavy (non-hydrogen) atoms. The second kappa shape index (κ2) is 8.35. The van der Waals surface area contributed by atoms with E-state index in [1.165, 1.54) is 27.1 Å². The summed E-state index contributed by atoms with van der Waals surface area (Å²) >= 11 is 8.55. The molecule has 1 amide bonds. The summed E-state index contributed by atoms with van der Waals surface area (Å²) in [5.41, 5.74) is 5.70. The molecule has 0 saturated heterocycles. The van der Waals surface area contributed by atoms with Crippen LogP contribution in [0.3, 0.4) is 0 Å². The molecule has 8 heteroatoms. The van der Waals surface area contributed by atoms with E-state index in [9.17, 15) is 4.79 Å². The van der Waals surface area contributed by atoms with Gasteiger partial charge in [0.25, 0.3) is 5.91 Å². The Kier molecular flexibility index (Phi) is 6.47. The molecule has 0 aromatic heterocycles. The fourth-order valence-corrected chi connectivity index (χ4v) is 3.25. The molecule has 0 bridgehead atoms. The molecule has 1 aliphatic carbocycles. The van der Waals surface area contributed by atoms with Crippen molar-refractivity contribution in [1.82, 2.24) is 16.2 Å². The van der Waals surface area contributed by atoms with E-state index in [1.54, 1.807) is 12.1 Å². The zero-order chi connectivity index (χ0) is 16.8. The Balaban J connectivity index is 1.95. The molecule has 1 saturated carbocycles. The normalized spacial score (nSPS) is 14.2. The fourth-order valence-electron chi connectivity index (χ4n) is 2.48. The summed E-state index contributed by atoms with van der Waals surface area (Å²) in [6.07, 6.45) is 4.64. The molecular formula is C15H20BrN3O3S. The van der Waals surface area contributed by atoms with Crippen LogP contribution in [-0.2, 0) is 0 Å². The number of nitrogens with one attached hydrogen (secondary N) is 3. The maximum absolute atomic E-state index is 12.2. The number of thiocarbonyl (C=S) groups is 1. The molecule has 0 heterocycles. The number of rotatable bonds is 4. The zero-order valence-electron chi connectivity index (χ0n) is 13.1. The molecule has 2 rings (SSSR count). The van der Waals surface area contributed by atoms with Gasteiger partial charge in [-0.25, -0.2) is 0 Å². The first-order valence-corrected chi connectivity index (χ1v) is 8.53. The van der Waals surface area contributed by atoms with Crippen molar-refractivity contribution in [3.05, 3.63) is 22.2 Å². The largest absolute Gasteiger partial charge is 0.495 e. The average Bonchev–Trinajstić information content (AvgIpc) is 3.05. The van der Waals surface area contributed by atoms with E-state index in [4.69, 9.17) is 21.7 Å². The molecule has 0 radical (unpaired) electrons. The third kappa shape index (κ3) is 4.71. The number of benzene rings is 1. The Hall–Kier alpha value is -1.54. The molecule has 126 valence electrons. The van der Waals surface area contributed by atoms with Gasteiger partial charge in [0.1, 0.15) is 16.0 Å². The van der Waals surface area contributed by atoms with Gasteiger partial charge in [0.15, 0.2) is 5.11 Å². The van der Waals surface area contributed by atoms with Gasteiger partial charge in [0.05, 0.1) is 14.2 Å². The predicted molar refractivity (Wildman–Crippen MR) is 95.8 cm³/mol. The maximum Gasteiger partial charge on any atom is 0.269 e. The highest BCUT2D eigenvalue weighted by molar-refractivity contribution is 9.10. The number of hydrogen-bond donors (Lipinski definition) is 3. The molecule has 0 spiro atoms. The van der Waals surface area contributed by atoms with Crippen LogP contribution >= 0.6 is 28.1 Å². The smallest absolute Gasteiger partial charge is 0.269 e. The van der Waals surface area contributed by atoms with Crippen molar-refractivity contribution >= 4 is 39.2 Å². The maximum atomic E-state index is 12.2. The van der Waals surface area contributed by atoms with Gasteiger partial charge in [-0.05, 0) is 53.1 Å². The summed E-state index contributed by atoms with van der Waals surface area (Å²) in [7, 11) is 3.06. The number of amides is 1. The Morgan fingerprint density at radius 2 is 1.74 bits per heavy atom. The quantitative estimate of drug-likeness (QED) is 0.531. The lowest BCUT2D eigenvalue weighted by atomic mass is 10.2. The SMILES string of the molecule is COc1cc(C(=O)NNC(=S)NC2CCCC2)cc(OC)c1Br. The van der Waals surface area contributed by atoms with E-state index in [-0.39, 0.29) is 5.91 Å². The predicted octanol–water partition coefficient (Wildman–Crippen LogP) is 2.52. The molecular weight excluding hydrogens is 382 g/mol. The van der Waals surface area contributed by atoms with Gasteiger partial charge in [-0.15, -0.1) is 0 Å². The molecule has 1 fully saturated rings. The Labute approximate surface area is 149 Å². The number of hydrogen-bond acceptors (Lipinski definition) is 4. The summed E-state index contributed by atoms with van der Waals surface area (Å²) in [4.78, 5) is 12.2. The first-order valence-electron chi connectivity index (χ1n) is 7.33. The highest BCUT2D eigenvalue weighted by atomic mass is 79.9. The molecule has 6 nitrogen and oxygen atoms in total. The summed E-state index contributed by atoms with van der Waals surface area (Å²) in [6, 6.07) is 3.63. The van der Waals surface area contributed by atoms with Crippen molar-refractivity contribution < 1.29 is 14.3 Å². The van der Waals surface area contributed by atoms with Crippen LogP contribution in [0.4, 0.5) is 0 Å². The topological polar surface area (TPSA) is 71.6 Å². The van der Waals surface area contributed by atoms with Gasteiger partial charge in [-0.1, -0.05) is 12.8 Å². The minimum atomic E-state index is -0.329. The van der Waals surface area contributed by atoms with Crippen LogP contribution in [0.15, 0.2) is 16.6 Å². The monoisotopic (exact) mass is 401 g/mol. The van der Waals surface area contributed by atoms with Gasteiger partial charge in [0, 0.05) is 11.6 Å². The minimum absolute atomic E-state index is 0.329. The number of halogens is 1. The van der Waals surface area contributed by atoms with Gasteiger partial charge in [-0.2, -0.15) is 0 Å². The number of methoxy groups -OCH3 is 2. The van der Waals surface area contributed by atoms with Crippen molar-refractivity contribution in [3.8, 4) is 11.5 Å². The summed E-state index contributed by atoms with van der Waals surface area (Å²) < 4.78 is 11.1. The lowest BCUT2D eigenvalue weighted by molar-refractivity contribution is 0.0943. The third-order valence-electron chi connectivity index (χ3n) is 3.69. The third-order valence-corrected chi connectivity index (χ3v) is 4.69. The van der Waals surface area contributed by atoms with Crippen LogP contribution < -0.4 is 25.6 Å². The lowest BCUT2D eigenvalue weighted by Crippen LogP contribution is -2.49. The van der Waals surface area contributed by atoms with Gasteiger partial charge >= 0.3 is 0 Å². The number of ether oxygens (including phenoxy) is 2. The molecule has 0 aliphatic heterocycles. The Morgan fingerprint density at radius 3 is 2.26 bits per heavy atom. The van der Waals surface area contributed by atoms with Crippen LogP contribution in [0.5, 0.6) is 11.5 Å². The van der Waals surface area contributed by atoms with E-state index in [1.807, 2.05) is 0 Å². The van der Waals surface area contributed by atoms with Crippen molar-refractivity contribution in [1.29, 1.82) is 0 Å². The van der Waals surface area contributed by atoms with Crippen molar-refractivity contribution in [3.63, 3.8) is 0 Å². The van der Waals surface area contributed by atoms with Crippen LogP contribution in [0.25, 0.3) is 0 Å². The first kappa shape index (κ1) is 17.8. The summed E-state index contributed by atoms with van der Waals surface area (Å²) in [5.74, 6) is 0.701. The molecule has 1 aliphatic rings. The number of carbonyl (C=O) groups is 1. The van der Waals surface area contributed by atoms with Crippen molar-refractivity contribution in [2.75, 3.05) is 14.2 Å². The van der Waals surface area contributed by atoms with Crippen LogP contribution in [0, 0.1) is 0 Å². The second-order valence-electron chi connectivity index (χ2n) is 5.23. The number of hydrazine groups is 1. The van der Waals surface area contributed by atoms with E-state index >= 15 is 0 Å². The van der Waals surface area contributed by atoms with Gasteiger partial charge in [-0.3, -0.25) is 15.6 Å². The van der Waals surface area contributed by atoms with Gasteiger partial charge in [0.2, 0.25) is 0 Å². The highest BCUT2D eigenvalue weighted by Gasteiger charge is 2.17. The molecule has 1 aromatic rings. The molecule has 3 N–H and O–H groups in total. The fraction of sp³-hybridized carbons (Fsp3) is 0.467. The highest BCUT2D eigenvalue weighted by Crippen LogP contribution is 2.35. The molecule has 0 atom stereocenters. The van der Waals surface area contributed by atoms with Crippen LogP contribution in [0.1, 0.15) is 36.0 Å². The van der Waals surface area contributed by atoms with E-state index < -0.39 is 0 Å². The van der Waals surface area contributed by atoms with Crippen molar-refractivity contribution in [2.24, 2.45) is 0 Å². The van der Waals surface area contributed by atoms with E-state index in [2.05, 4.69) is 32.1 Å². The molecule has 1 aromatic carbocycles. The second-order valence-corrected chi connectivity index (χ2v) is 6.43. The van der Waals surface area contributed by atoms with E-state index in [0.717, 1.165) is 12.8 Å². The van der Waals surface area contributed by atoms with Crippen LogP contribution in [-0.4, -0.2) is 31.3 Å². The Morgan fingerprint density at radius 1 is 1.17 bits per heavy atom. The van der Waals surface area contributed by atoms with Gasteiger partial charge < -0.3 is 14.8 Å². The first-order chi connectivity index (χ1) is 11.0. The summed E-state index contributed by atoms with van der Waals surface area (Å²) in [6.45, 7) is 0. The lowest BCUT2D eigenvalue weighted by Gasteiger charge is -2.16. The Bertz CT molecular complexity index is 566.